The van der Waals surface area contributed by atoms with Gasteiger partial charge in [-0.1, -0.05) is 0 Å². The Morgan fingerprint density at radius 3 is 2.15 bits per heavy atom. The molecule has 3 N–H and O–H groups in total. The molecule has 0 aliphatic carbocycles. The zero-order chi connectivity index (χ0) is 10.6. The molecule has 0 aliphatic rings. The number of amides is 1. The molecule has 0 heterocycles. The summed E-state index contributed by atoms with van der Waals surface area (Å²) < 4.78 is 36.2. The van der Waals surface area contributed by atoms with Crippen LogP contribution in [0.25, 0.3) is 0 Å². The minimum absolute atomic E-state index is 0.316. The van der Waals surface area contributed by atoms with Crippen LogP contribution >= 0.6 is 0 Å². The summed E-state index contributed by atoms with van der Waals surface area (Å²) in [7, 11) is 0. The van der Waals surface area contributed by atoms with Crippen molar-refractivity contribution in [2.75, 3.05) is 6.54 Å². The Morgan fingerprint density at radius 1 is 1.46 bits per heavy atom. The second kappa shape index (κ2) is 4.45. The Labute approximate surface area is 74.5 Å². The Morgan fingerprint density at radius 2 is 1.92 bits per heavy atom. The van der Waals surface area contributed by atoms with Gasteiger partial charge in [-0.05, 0) is 13.8 Å². The average molecular weight is 198 g/mol. The number of nitrogens with two attached hydrogens (primary N) is 1. The molecule has 1 unspecified atom stereocenters. The molecule has 1 atom stereocenters. The van der Waals surface area contributed by atoms with Crippen molar-refractivity contribution in [2.24, 2.45) is 11.7 Å². The summed E-state index contributed by atoms with van der Waals surface area (Å²) in [6, 6.07) is -0.316. The van der Waals surface area contributed by atoms with E-state index >= 15 is 0 Å². The number of halogens is 3. The summed E-state index contributed by atoms with van der Waals surface area (Å²) in [4.78, 5) is 10.9. The smallest absolute Gasteiger partial charge is 0.353 e. The third-order valence-corrected chi connectivity index (χ3v) is 1.38. The minimum Gasteiger partial charge on any atom is -0.353 e. The van der Waals surface area contributed by atoms with Gasteiger partial charge in [0.25, 0.3) is 0 Å². The monoisotopic (exact) mass is 198 g/mol. The lowest BCUT2D eigenvalue weighted by Crippen LogP contribution is -2.45. The van der Waals surface area contributed by atoms with E-state index in [1.54, 1.807) is 13.8 Å². The minimum atomic E-state index is -4.56. The van der Waals surface area contributed by atoms with E-state index in [1.807, 2.05) is 0 Å². The molecule has 3 nitrogen and oxygen atoms in total. The summed E-state index contributed by atoms with van der Waals surface area (Å²) >= 11 is 0. The first-order valence-electron chi connectivity index (χ1n) is 3.86. The summed E-state index contributed by atoms with van der Waals surface area (Å²) in [5.41, 5.74) is 4.85. The first kappa shape index (κ1) is 12.2. The molecule has 0 spiro atoms. The fourth-order valence-corrected chi connectivity index (χ4v) is 0.774. The van der Waals surface area contributed by atoms with Gasteiger partial charge in [0.1, 0.15) is 5.92 Å². The van der Waals surface area contributed by atoms with Crippen molar-refractivity contribution >= 4 is 5.91 Å². The lowest BCUT2D eigenvalue weighted by atomic mass is 10.1. The topological polar surface area (TPSA) is 55.1 Å². The number of carbonyl (C=O) groups is 1. The highest BCUT2D eigenvalue weighted by atomic mass is 19.4. The van der Waals surface area contributed by atoms with Crippen LogP contribution in [0.1, 0.15) is 13.8 Å². The number of alkyl halides is 3. The number of hydrogen-bond donors (Lipinski definition) is 2. The molecule has 0 bridgehead atoms. The van der Waals surface area contributed by atoms with Crippen LogP contribution in [0.4, 0.5) is 13.2 Å². The first-order chi connectivity index (χ1) is 5.79. The maximum atomic E-state index is 12.1. The van der Waals surface area contributed by atoms with Crippen molar-refractivity contribution in [1.29, 1.82) is 0 Å². The number of rotatable bonds is 3. The third kappa shape index (κ3) is 4.12. The molecule has 0 saturated carbocycles. The standard InChI is InChI=1S/C7H13F3N2O/c1-4(2)12-6(13)5(3-11)7(8,9)10/h4-5H,3,11H2,1-2H3,(H,12,13). The van der Waals surface area contributed by atoms with Crippen LogP contribution in [-0.2, 0) is 4.79 Å². The van der Waals surface area contributed by atoms with Crippen LogP contribution in [0, 0.1) is 5.92 Å². The van der Waals surface area contributed by atoms with Crippen LogP contribution < -0.4 is 11.1 Å². The molecule has 0 rings (SSSR count). The summed E-state index contributed by atoms with van der Waals surface area (Å²) in [5, 5.41) is 2.16. The molecule has 13 heavy (non-hydrogen) atoms. The maximum absolute atomic E-state index is 12.1. The highest BCUT2D eigenvalue weighted by molar-refractivity contribution is 5.79. The van der Waals surface area contributed by atoms with Crippen molar-refractivity contribution in [3.63, 3.8) is 0 Å². The van der Waals surface area contributed by atoms with Crippen LogP contribution in [0.5, 0.6) is 0 Å². The van der Waals surface area contributed by atoms with E-state index in [2.05, 4.69) is 5.32 Å². The van der Waals surface area contributed by atoms with Crippen molar-refractivity contribution in [3.8, 4) is 0 Å². The Balaban J connectivity index is 4.33. The number of carbonyl (C=O) groups excluding carboxylic acids is 1. The number of nitrogens with one attached hydrogen (secondary N) is 1. The molecule has 0 aromatic carbocycles. The molecule has 6 heteroatoms. The Bertz CT molecular complexity index is 179. The normalized spacial score (nSPS) is 14.4. The zero-order valence-corrected chi connectivity index (χ0v) is 7.48. The van der Waals surface area contributed by atoms with Crippen molar-refractivity contribution in [3.05, 3.63) is 0 Å². The Kier molecular flexibility index (Phi) is 4.19. The second-order valence-electron chi connectivity index (χ2n) is 2.99. The van der Waals surface area contributed by atoms with Gasteiger partial charge in [0.05, 0.1) is 0 Å². The largest absolute Gasteiger partial charge is 0.401 e. The summed E-state index contributed by atoms with van der Waals surface area (Å²) in [5.74, 6) is -3.17. The molecule has 1 amide bonds. The van der Waals surface area contributed by atoms with E-state index in [9.17, 15) is 18.0 Å². The maximum Gasteiger partial charge on any atom is 0.401 e. The van der Waals surface area contributed by atoms with Gasteiger partial charge in [0.15, 0.2) is 0 Å². The van der Waals surface area contributed by atoms with Crippen LogP contribution in [0.15, 0.2) is 0 Å². The SMILES string of the molecule is CC(C)NC(=O)C(CN)C(F)(F)F. The van der Waals surface area contributed by atoms with Gasteiger partial charge in [0.2, 0.25) is 5.91 Å². The molecule has 0 radical (unpaired) electrons. The predicted octanol–water partition coefficient (Wildman–Crippen LogP) is 0.648. The van der Waals surface area contributed by atoms with Gasteiger partial charge >= 0.3 is 6.18 Å². The fraction of sp³-hybridized carbons (Fsp3) is 0.857. The van der Waals surface area contributed by atoms with Crippen LogP contribution in [0.3, 0.4) is 0 Å². The summed E-state index contributed by atoms with van der Waals surface area (Å²) in [6.07, 6.45) is -4.56. The molecule has 0 saturated heterocycles. The lowest BCUT2D eigenvalue weighted by Gasteiger charge is -2.19. The van der Waals surface area contributed by atoms with Crippen molar-refractivity contribution < 1.29 is 18.0 Å². The van der Waals surface area contributed by atoms with Crippen molar-refractivity contribution in [2.45, 2.75) is 26.1 Å². The highest BCUT2D eigenvalue weighted by Gasteiger charge is 2.43. The molecule has 0 aromatic heterocycles. The van der Waals surface area contributed by atoms with Gasteiger partial charge < -0.3 is 11.1 Å². The van der Waals surface area contributed by atoms with E-state index < -0.39 is 24.5 Å². The van der Waals surface area contributed by atoms with E-state index in [0.717, 1.165) is 0 Å². The van der Waals surface area contributed by atoms with Crippen LogP contribution in [0.2, 0.25) is 0 Å². The van der Waals surface area contributed by atoms with Crippen LogP contribution in [-0.4, -0.2) is 24.7 Å². The van der Waals surface area contributed by atoms with E-state index in [4.69, 9.17) is 5.73 Å². The average Bonchev–Trinajstić information content (AvgIpc) is 1.82. The fourth-order valence-electron chi connectivity index (χ4n) is 0.774. The summed E-state index contributed by atoms with van der Waals surface area (Å²) in [6.45, 7) is 2.45. The molecular weight excluding hydrogens is 185 g/mol. The Hall–Kier alpha value is -0.780. The van der Waals surface area contributed by atoms with Gasteiger partial charge in [-0.15, -0.1) is 0 Å². The third-order valence-electron chi connectivity index (χ3n) is 1.38. The second-order valence-corrected chi connectivity index (χ2v) is 2.99. The molecular formula is C7H13F3N2O. The molecule has 0 fully saturated rings. The van der Waals surface area contributed by atoms with E-state index in [-0.39, 0.29) is 6.04 Å². The lowest BCUT2D eigenvalue weighted by molar-refractivity contribution is -0.180. The van der Waals surface area contributed by atoms with Gasteiger partial charge in [-0.3, -0.25) is 4.79 Å². The zero-order valence-electron chi connectivity index (χ0n) is 7.48. The van der Waals surface area contributed by atoms with Gasteiger partial charge in [-0.25, -0.2) is 0 Å². The number of hydrogen-bond acceptors (Lipinski definition) is 2. The van der Waals surface area contributed by atoms with Gasteiger partial charge in [0, 0.05) is 12.6 Å². The molecule has 0 aromatic rings. The van der Waals surface area contributed by atoms with Gasteiger partial charge in [-0.2, -0.15) is 13.2 Å². The predicted molar refractivity (Wildman–Crippen MR) is 41.9 cm³/mol. The van der Waals surface area contributed by atoms with Crippen molar-refractivity contribution in [1.82, 2.24) is 5.32 Å². The van der Waals surface area contributed by atoms with E-state index in [1.165, 1.54) is 0 Å². The highest BCUT2D eigenvalue weighted by Crippen LogP contribution is 2.25. The van der Waals surface area contributed by atoms with E-state index in [0.29, 0.717) is 0 Å². The quantitative estimate of drug-likeness (QED) is 0.699. The molecule has 78 valence electrons. The molecule has 0 aliphatic heterocycles. The first-order valence-corrected chi connectivity index (χ1v) is 3.86.